The summed E-state index contributed by atoms with van der Waals surface area (Å²) in [5, 5.41) is 11.4. The maximum atomic E-state index is 5.41. The van der Waals surface area contributed by atoms with Crippen LogP contribution in [0.15, 0.2) is 34.0 Å². The third-order valence-electron chi connectivity index (χ3n) is 4.80. The summed E-state index contributed by atoms with van der Waals surface area (Å²) in [7, 11) is 1.95. The second-order valence-electron chi connectivity index (χ2n) is 6.93. The molecule has 2 aromatic heterocycles. The molecule has 2 N–H and O–H groups in total. The van der Waals surface area contributed by atoms with Gasteiger partial charge in [-0.3, -0.25) is 9.58 Å². The molecule has 0 atom stereocenters. The Kier molecular flexibility index (Phi) is 10.5. The molecular formula is C20H33IN6O2. The molecule has 1 aliphatic heterocycles. The van der Waals surface area contributed by atoms with E-state index in [2.05, 4.69) is 33.8 Å². The number of aryl methyl sites for hydroxylation is 2. The lowest BCUT2D eigenvalue weighted by molar-refractivity contribution is 0.0389. The first-order valence-corrected chi connectivity index (χ1v) is 10.1. The van der Waals surface area contributed by atoms with Crippen molar-refractivity contribution in [3.63, 3.8) is 0 Å². The van der Waals surface area contributed by atoms with E-state index in [4.69, 9.17) is 14.1 Å². The van der Waals surface area contributed by atoms with Crippen molar-refractivity contribution in [2.75, 3.05) is 45.9 Å². The standard InChI is InChI=1S/C20H32N6O2.HI/c1-3-19-17(16-25(2)24-19)15-23-20(21-7-6-18-5-4-12-28-18)22-8-9-26-10-13-27-14-11-26;/h4-5,12,16H,3,6-11,13-15H2,1-2H3,(H2,21,22,23);1H. The number of aliphatic imine (C=N–C) groups is 1. The van der Waals surface area contributed by atoms with Gasteiger partial charge in [0.25, 0.3) is 0 Å². The number of morpholine rings is 1. The summed E-state index contributed by atoms with van der Waals surface area (Å²) in [6.45, 7) is 8.97. The van der Waals surface area contributed by atoms with Crippen molar-refractivity contribution in [3.05, 3.63) is 41.6 Å². The molecule has 3 rings (SSSR count). The van der Waals surface area contributed by atoms with Gasteiger partial charge in [-0.15, -0.1) is 24.0 Å². The fraction of sp³-hybridized carbons (Fsp3) is 0.600. The van der Waals surface area contributed by atoms with E-state index < -0.39 is 0 Å². The molecule has 0 saturated carbocycles. The first kappa shape index (κ1) is 23.7. The van der Waals surface area contributed by atoms with Crippen molar-refractivity contribution in [1.29, 1.82) is 0 Å². The van der Waals surface area contributed by atoms with Gasteiger partial charge in [0, 0.05) is 58.0 Å². The van der Waals surface area contributed by atoms with Crippen molar-refractivity contribution in [3.8, 4) is 0 Å². The minimum Gasteiger partial charge on any atom is -0.469 e. The molecule has 0 amide bonds. The quantitative estimate of drug-likeness (QED) is 0.301. The molecule has 0 spiro atoms. The minimum atomic E-state index is 0. The Bertz CT molecular complexity index is 725. The van der Waals surface area contributed by atoms with Crippen LogP contribution in [0.5, 0.6) is 0 Å². The Balaban J connectivity index is 0.00000300. The third-order valence-corrected chi connectivity index (χ3v) is 4.80. The lowest BCUT2D eigenvalue weighted by Gasteiger charge is -2.26. The van der Waals surface area contributed by atoms with Crippen molar-refractivity contribution < 1.29 is 9.15 Å². The van der Waals surface area contributed by atoms with E-state index in [0.29, 0.717) is 6.54 Å². The van der Waals surface area contributed by atoms with Crippen LogP contribution in [0.4, 0.5) is 0 Å². The van der Waals surface area contributed by atoms with Gasteiger partial charge in [0.05, 0.1) is 31.7 Å². The van der Waals surface area contributed by atoms with Gasteiger partial charge in [-0.2, -0.15) is 5.10 Å². The molecule has 0 aromatic carbocycles. The van der Waals surface area contributed by atoms with Gasteiger partial charge in [-0.25, -0.2) is 4.99 Å². The Labute approximate surface area is 190 Å². The Morgan fingerprint density at radius 3 is 2.76 bits per heavy atom. The molecule has 1 fully saturated rings. The van der Waals surface area contributed by atoms with Crippen LogP contribution in [0, 0.1) is 0 Å². The average Bonchev–Trinajstić information content (AvgIpc) is 3.35. The number of nitrogens with one attached hydrogen (secondary N) is 2. The Morgan fingerprint density at radius 1 is 1.24 bits per heavy atom. The van der Waals surface area contributed by atoms with Crippen LogP contribution in [0.2, 0.25) is 0 Å². The molecule has 0 bridgehead atoms. The summed E-state index contributed by atoms with van der Waals surface area (Å²) in [4.78, 5) is 7.19. The van der Waals surface area contributed by atoms with E-state index in [1.54, 1.807) is 6.26 Å². The summed E-state index contributed by atoms with van der Waals surface area (Å²) in [6.07, 6.45) is 5.50. The van der Waals surface area contributed by atoms with Gasteiger partial charge < -0.3 is 19.8 Å². The zero-order valence-electron chi connectivity index (χ0n) is 17.4. The van der Waals surface area contributed by atoms with E-state index in [0.717, 1.165) is 76.2 Å². The van der Waals surface area contributed by atoms with E-state index in [-0.39, 0.29) is 24.0 Å². The zero-order valence-corrected chi connectivity index (χ0v) is 19.7. The van der Waals surface area contributed by atoms with Crippen LogP contribution in [0.1, 0.15) is 23.9 Å². The van der Waals surface area contributed by atoms with Crippen LogP contribution < -0.4 is 10.6 Å². The zero-order chi connectivity index (χ0) is 19.6. The van der Waals surface area contributed by atoms with Gasteiger partial charge in [-0.05, 0) is 18.6 Å². The SMILES string of the molecule is CCc1nn(C)cc1CN=C(NCCc1ccco1)NCCN1CCOCC1.I. The lowest BCUT2D eigenvalue weighted by Crippen LogP contribution is -2.44. The normalized spacial score (nSPS) is 15.2. The van der Waals surface area contributed by atoms with Crippen LogP contribution in [-0.4, -0.2) is 66.6 Å². The van der Waals surface area contributed by atoms with Crippen molar-refractivity contribution in [2.24, 2.45) is 12.0 Å². The number of hydrogen-bond acceptors (Lipinski definition) is 5. The predicted octanol–water partition coefficient (Wildman–Crippen LogP) is 1.80. The number of halogens is 1. The van der Waals surface area contributed by atoms with Gasteiger partial charge in [0.15, 0.2) is 5.96 Å². The second-order valence-corrected chi connectivity index (χ2v) is 6.93. The molecule has 0 unspecified atom stereocenters. The number of aromatic nitrogens is 2. The molecule has 2 aromatic rings. The van der Waals surface area contributed by atoms with E-state index >= 15 is 0 Å². The highest BCUT2D eigenvalue weighted by atomic mass is 127. The van der Waals surface area contributed by atoms with Gasteiger partial charge in [0.1, 0.15) is 5.76 Å². The van der Waals surface area contributed by atoms with Gasteiger partial charge in [0.2, 0.25) is 0 Å². The fourth-order valence-corrected chi connectivity index (χ4v) is 3.27. The van der Waals surface area contributed by atoms with E-state index in [1.807, 2.05) is 23.9 Å². The fourth-order valence-electron chi connectivity index (χ4n) is 3.27. The first-order chi connectivity index (χ1) is 13.7. The maximum Gasteiger partial charge on any atom is 0.191 e. The van der Waals surface area contributed by atoms with Crippen molar-refractivity contribution >= 4 is 29.9 Å². The number of nitrogens with zero attached hydrogens (tertiary/aromatic N) is 4. The molecule has 1 saturated heterocycles. The summed E-state index contributed by atoms with van der Waals surface area (Å²) in [5.41, 5.74) is 2.28. The summed E-state index contributed by atoms with van der Waals surface area (Å²) < 4.78 is 12.7. The number of hydrogen-bond donors (Lipinski definition) is 2. The van der Waals surface area contributed by atoms with Crippen LogP contribution in [0.3, 0.4) is 0 Å². The number of guanidine groups is 1. The summed E-state index contributed by atoms with van der Waals surface area (Å²) in [6, 6.07) is 3.91. The summed E-state index contributed by atoms with van der Waals surface area (Å²) >= 11 is 0. The first-order valence-electron chi connectivity index (χ1n) is 10.1. The number of furan rings is 1. The third kappa shape index (κ3) is 7.98. The van der Waals surface area contributed by atoms with Crippen LogP contribution in [-0.2, 0) is 31.2 Å². The molecular weight excluding hydrogens is 483 g/mol. The summed E-state index contributed by atoms with van der Waals surface area (Å²) in [5.74, 6) is 1.80. The lowest BCUT2D eigenvalue weighted by atomic mass is 10.2. The average molecular weight is 516 g/mol. The highest BCUT2D eigenvalue weighted by molar-refractivity contribution is 14.0. The van der Waals surface area contributed by atoms with Gasteiger partial charge in [-0.1, -0.05) is 6.92 Å². The molecule has 162 valence electrons. The molecule has 1 aliphatic rings. The maximum absolute atomic E-state index is 5.41. The van der Waals surface area contributed by atoms with Crippen LogP contribution in [0.25, 0.3) is 0 Å². The molecule has 9 heteroatoms. The molecule has 3 heterocycles. The highest BCUT2D eigenvalue weighted by Crippen LogP contribution is 2.08. The monoisotopic (exact) mass is 516 g/mol. The smallest absolute Gasteiger partial charge is 0.191 e. The van der Waals surface area contributed by atoms with Crippen molar-refractivity contribution in [2.45, 2.75) is 26.3 Å². The van der Waals surface area contributed by atoms with Crippen molar-refractivity contribution in [1.82, 2.24) is 25.3 Å². The predicted molar refractivity (Wildman–Crippen MR) is 125 cm³/mol. The molecule has 0 radical (unpaired) electrons. The Hall–Kier alpha value is -1.59. The molecule has 8 nitrogen and oxygen atoms in total. The molecule has 0 aliphatic carbocycles. The van der Waals surface area contributed by atoms with E-state index in [9.17, 15) is 0 Å². The number of ether oxygens (including phenoxy) is 1. The van der Waals surface area contributed by atoms with Gasteiger partial charge >= 0.3 is 0 Å². The Morgan fingerprint density at radius 2 is 2.03 bits per heavy atom. The van der Waals surface area contributed by atoms with Crippen LogP contribution >= 0.6 is 24.0 Å². The highest BCUT2D eigenvalue weighted by Gasteiger charge is 2.10. The number of rotatable bonds is 9. The molecule has 29 heavy (non-hydrogen) atoms. The minimum absolute atomic E-state index is 0. The van der Waals surface area contributed by atoms with E-state index in [1.165, 1.54) is 5.56 Å². The second kappa shape index (κ2) is 12.9. The largest absolute Gasteiger partial charge is 0.469 e. The topological polar surface area (TPSA) is 79.8 Å².